The standard InChI is InChI=1S/C15H23N5O2/c1-20(2)15(22-4)7-10(6-12(8-15)21-3)5-11-9-18-14(17)19-13(11)16/h6-7,9H,5,8H2,1-4H3,(H4,16,17,18,19). The first-order valence-corrected chi connectivity index (χ1v) is 6.96. The Bertz CT molecular complexity index is 612. The molecule has 4 N–H and O–H groups in total. The van der Waals surface area contributed by atoms with E-state index < -0.39 is 5.72 Å². The number of nitrogens with two attached hydrogens (primary N) is 2. The molecule has 22 heavy (non-hydrogen) atoms. The van der Waals surface area contributed by atoms with Crippen LogP contribution in [-0.4, -0.2) is 48.9 Å². The van der Waals surface area contributed by atoms with Gasteiger partial charge in [-0.25, -0.2) is 4.98 Å². The highest BCUT2D eigenvalue weighted by molar-refractivity contribution is 5.46. The summed E-state index contributed by atoms with van der Waals surface area (Å²) in [6.07, 6.45) is 6.95. The zero-order chi connectivity index (χ0) is 16.3. The van der Waals surface area contributed by atoms with Gasteiger partial charge in [-0.2, -0.15) is 4.98 Å². The minimum absolute atomic E-state index is 0.173. The van der Waals surface area contributed by atoms with Gasteiger partial charge in [-0.05, 0) is 31.8 Å². The number of methoxy groups -OCH3 is 2. The summed E-state index contributed by atoms with van der Waals surface area (Å²) < 4.78 is 11.2. The number of nitrogens with zero attached hydrogens (tertiary/aromatic N) is 3. The highest BCUT2D eigenvalue weighted by atomic mass is 16.5. The van der Waals surface area contributed by atoms with Gasteiger partial charge >= 0.3 is 0 Å². The summed E-state index contributed by atoms with van der Waals surface area (Å²) in [7, 11) is 7.28. The third kappa shape index (κ3) is 3.20. The number of nitrogen functional groups attached to an aromatic ring is 2. The molecule has 2 rings (SSSR count). The fraction of sp³-hybridized carbons (Fsp3) is 0.467. The Kier molecular flexibility index (Phi) is 4.68. The van der Waals surface area contributed by atoms with Crippen molar-refractivity contribution in [1.29, 1.82) is 0 Å². The second-order valence-electron chi connectivity index (χ2n) is 5.47. The van der Waals surface area contributed by atoms with Crippen molar-refractivity contribution in [3.05, 3.63) is 35.2 Å². The molecular weight excluding hydrogens is 282 g/mol. The largest absolute Gasteiger partial charge is 0.501 e. The van der Waals surface area contributed by atoms with Crippen LogP contribution in [-0.2, 0) is 15.9 Å². The summed E-state index contributed by atoms with van der Waals surface area (Å²) in [6, 6.07) is 0. The van der Waals surface area contributed by atoms with Crippen molar-refractivity contribution in [2.75, 3.05) is 39.8 Å². The predicted octanol–water partition coefficient (Wildman–Crippen LogP) is 0.948. The maximum absolute atomic E-state index is 5.91. The highest BCUT2D eigenvalue weighted by Gasteiger charge is 2.35. The van der Waals surface area contributed by atoms with Crippen LogP contribution in [0.3, 0.4) is 0 Å². The molecular formula is C15H23N5O2. The number of hydrogen-bond donors (Lipinski definition) is 2. The summed E-state index contributed by atoms with van der Waals surface area (Å²) in [4.78, 5) is 10.0. The number of allylic oxidation sites excluding steroid dienone is 2. The molecule has 0 aromatic carbocycles. The Hall–Kier alpha value is -2.12. The van der Waals surface area contributed by atoms with E-state index in [1.165, 1.54) is 0 Å². The van der Waals surface area contributed by atoms with Crippen molar-refractivity contribution < 1.29 is 9.47 Å². The smallest absolute Gasteiger partial charge is 0.221 e. The molecule has 0 fully saturated rings. The van der Waals surface area contributed by atoms with Crippen LogP contribution < -0.4 is 11.5 Å². The molecule has 0 bridgehead atoms. The van der Waals surface area contributed by atoms with Gasteiger partial charge in [0, 0.05) is 25.3 Å². The molecule has 0 saturated heterocycles. The summed E-state index contributed by atoms with van der Waals surface area (Å²) in [6.45, 7) is 0. The molecule has 0 radical (unpaired) electrons. The number of hydrogen-bond acceptors (Lipinski definition) is 7. The van der Waals surface area contributed by atoms with Gasteiger partial charge in [-0.15, -0.1) is 0 Å². The normalized spacial score (nSPS) is 21.5. The Balaban J connectivity index is 2.36. The van der Waals surface area contributed by atoms with Crippen molar-refractivity contribution in [2.24, 2.45) is 0 Å². The number of rotatable bonds is 5. The van der Waals surface area contributed by atoms with E-state index in [4.69, 9.17) is 20.9 Å². The van der Waals surface area contributed by atoms with Gasteiger partial charge in [0.05, 0.1) is 13.5 Å². The van der Waals surface area contributed by atoms with Crippen LogP contribution >= 0.6 is 0 Å². The van der Waals surface area contributed by atoms with Gasteiger partial charge in [0.25, 0.3) is 0 Å². The van der Waals surface area contributed by atoms with Crippen LogP contribution in [0, 0.1) is 0 Å². The third-order valence-corrected chi connectivity index (χ3v) is 3.87. The molecule has 7 nitrogen and oxygen atoms in total. The van der Waals surface area contributed by atoms with Crippen molar-refractivity contribution in [3.8, 4) is 0 Å². The third-order valence-electron chi connectivity index (χ3n) is 3.87. The zero-order valence-corrected chi connectivity index (χ0v) is 13.5. The second-order valence-corrected chi connectivity index (χ2v) is 5.47. The average molecular weight is 305 g/mol. The maximum Gasteiger partial charge on any atom is 0.221 e. The number of ether oxygens (including phenoxy) is 2. The lowest BCUT2D eigenvalue weighted by molar-refractivity contribution is -0.0821. The second kappa shape index (κ2) is 6.33. The molecule has 1 unspecified atom stereocenters. The molecule has 0 amide bonds. The van der Waals surface area contributed by atoms with Gasteiger partial charge in [-0.3, -0.25) is 4.90 Å². The zero-order valence-electron chi connectivity index (χ0n) is 13.5. The average Bonchev–Trinajstić information content (AvgIpc) is 2.49. The minimum atomic E-state index is -0.543. The molecule has 120 valence electrons. The lowest BCUT2D eigenvalue weighted by Gasteiger charge is -2.39. The summed E-state index contributed by atoms with van der Waals surface area (Å²) in [5.74, 6) is 1.41. The summed E-state index contributed by atoms with van der Waals surface area (Å²) in [5, 5.41) is 0. The molecule has 7 heteroatoms. The summed E-state index contributed by atoms with van der Waals surface area (Å²) >= 11 is 0. The fourth-order valence-corrected chi connectivity index (χ4v) is 2.51. The predicted molar refractivity (Wildman–Crippen MR) is 85.8 cm³/mol. The Morgan fingerprint density at radius 1 is 1.32 bits per heavy atom. The van der Waals surface area contributed by atoms with E-state index in [-0.39, 0.29) is 5.95 Å². The molecule has 1 aliphatic carbocycles. The van der Waals surface area contributed by atoms with Crippen molar-refractivity contribution in [1.82, 2.24) is 14.9 Å². The van der Waals surface area contributed by atoms with E-state index in [2.05, 4.69) is 16.0 Å². The first kappa shape index (κ1) is 16.3. The monoisotopic (exact) mass is 305 g/mol. The van der Waals surface area contributed by atoms with E-state index in [1.54, 1.807) is 20.4 Å². The Labute approximate surface area is 130 Å². The molecule has 0 saturated carbocycles. The van der Waals surface area contributed by atoms with Crippen LogP contribution in [0.5, 0.6) is 0 Å². The van der Waals surface area contributed by atoms with Gasteiger partial charge < -0.3 is 20.9 Å². The van der Waals surface area contributed by atoms with Crippen LogP contribution in [0.15, 0.2) is 29.7 Å². The summed E-state index contributed by atoms with van der Waals surface area (Å²) in [5.41, 5.74) is 12.7. The lowest BCUT2D eigenvalue weighted by Crippen LogP contribution is -2.46. The maximum atomic E-state index is 5.91. The molecule has 1 aromatic rings. The first-order chi connectivity index (χ1) is 10.4. The van der Waals surface area contributed by atoms with Crippen molar-refractivity contribution in [3.63, 3.8) is 0 Å². The van der Waals surface area contributed by atoms with Crippen LogP contribution in [0.1, 0.15) is 12.0 Å². The van der Waals surface area contributed by atoms with E-state index in [0.29, 0.717) is 18.7 Å². The topological polar surface area (TPSA) is 99.5 Å². The molecule has 1 aromatic heterocycles. The molecule has 0 aliphatic heterocycles. The van der Waals surface area contributed by atoms with E-state index in [0.717, 1.165) is 16.9 Å². The lowest BCUT2D eigenvalue weighted by atomic mass is 9.93. The van der Waals surface area contributed by atoms with Crippen molar-refractivity contribution in [2.45, 2.75) is 18.6 Å². The first-order valence-electron chi connectivity index (χ1n) is 6.96. The number of aromatic nitrogens is 2. The van der Waals surface area contributed by atoms with Crippen LogP contribution in [0.4, 0.5) is 11.8 Å². The highest BCUT2D eigenvalue weighted by Crippen LogP contribution is 2.33. The molecule has 1 aliphatic rings. The van der Waals surface area contributed by atoms with E-state index in [9.17, 15) is 0 Å². The van der Waals surface area contributed by atoms with Crippen LogP contribution in [0.2, 0.25) is 0 Å². The van der Waals surface area contributed by atoms with Gasteiger partial charge in [0.2, 0.25) is 5.95 Å². The van der Waals surface area contributed by atoms with E-state index in [1.807, 2.05) is 25.1 Å². The molecule has 1 heterocycles. The number of likely N-dealkylation sites (N-methyl/N-ethyl adjacent to an activating group) is 1. The molecule has 1 atom stereocenters. The Morgan fingerprint density at radius 2 is 2.05 bits per heavy atom. The van der Waals surface area contributed by atoms with E-state index >= 15 is 0 Å². The fourth-order valence-electron chi connectivity index (χ4n) is 2.51. The minimum Gasteiger partial charge on any atom is -0.501 e. The van der Waals surface area contributed by atoms with Gasteiger partial charge in [-0.1, -0.05) is 0 Å². The van der Waals surface area contributed by atoms with Gasteiger partial charge in [0.15, 0.2) is 0 Å². The molecule has 0 spiro atoms. The van der Waals surface area contributed by atoms with Crippen LogP contribution in [0.25, 0.3) is 0 Å². The van der Waals surface area contributed by atoms with Crippen molar-refractivity contribution >= 4 is 11.8 Å². The van der Waals surface area contributed by atoms with Gasteiger partial charge in [0.1, 0.15) is 17.3 Å². The SMILES string of the molecule is COC1=CC(Cc2cnc(N)nc2N)=CC(OC)(N(C)C)C1. The quantitative estimate of drug-likeness (QED) is 0.781. The number of anilines is 2. The Morgan fingerprint density at radius 3 is 2.59 bits per heavy atom.